The van der Waals surface area contributed by atoms with E-state index in [0.717, 1.165) is 39.4 Å². The van der Waals surface area contributed by atoms with E-state index < -0.39 is 0 Å². The SMILES string of the molecule is c1ccc(-c2cccc(N(c3cccc(-c4ccc5c(c4)c(-c4ccccc4)c(-c4ccccc4)c4ccccc45)c3)c3cccc4c3c3ccccc3n4-c3ccccc3)c2)cc1. The van der Waals surface area contributed by atoms with Crippen LogP contribution >= 0.6 is 0 Å². The van der Waals surface area contributed by atoms with Crippen molar-refractivity contribution < 1.29 is 0 Å². The second-order valence-corrected chi connectivity index (χ2v) is 16.4. The predicted octanol–water partition coefficient (Wildman–Crippen LogP) is 17.2. The second kappa shape index (κ2) is 15.8. The number of anilines is 3. The molecule has 1 aromatic heterocycles. The lowest BCUT2D eigenvalue weighted by atomic mass is 9.84. The number of para-hydroxylation sites is 2. The molecule has 0 aliphatic heterocycles. The van der Waals surface area contributed by atoms with Gasteiger partial charge in [0.05, 0.1) is 16.7 Å². The molecule has 0 aliphatic carbocycles. The minimum Gasteiger partial charge on any atom is -0.310 e. The highest BCUT2D eigenvalue weighted by Crippen LogP contribution is 2.48. The van der Waals surface area contributed by atoms with Crippen LogP contribution in [0.15, 0.2) is 255 Å². The molecule has 0 amide bonds. The molecular formula is C62H42N2. The maximum Gasteiger partial charge on any atom is 0.0562 e. The van der Waals surface area contributed by atoms with Gasteiger partial charge in [0.15, 0.2) is 0 Å². The van der Waals surface area contributed by atoms with Crippen molar-refractivity contribution in [1.29, 1.82) is 0 Å². The van der Waals surface area contributed by atoms with Crippen LogP contribution in [0.25, 0.3) is 93.5 Å². The Morgan fingerprint density at radius 2 is 0.719 bits per heavy atom. The zero-order valence-electron chi connectivity index (χ0n) is 35.1. The Labute approximate surface area is 373 Å². The van der Waals surface area contributed by atoms with E-state index in [-0.39, 0.29) is 0 Å². The quantitative estimate of drug-likeness (QED) is 0.139. The maximum atomic E-state index is 2.46. The Morgan fingerprint density at radius 3 is 1.38 bits per heavy atom. The highest BCUT2D eigenvalue weighted by atomic mass is 15.1. The van der Waals surface area contributed by atoms with Crippen LogP contribution in [0.4, 0.5) is 17.1 Å². The fourth-order valence-corrected chi connectivity index (χ4v) is 9.93. The summed E-state index contributed by atoms with van der Waals surface area (Å²) in [6.45, 7) is 0. The van der Waals surface area contributed by atoms with Gasteiger partial charge >= 0.3 is 0 Å². The molecule has 0 spiro atoms. The van der Waals surface area contributed by atoms with Gasteiger partial charge in [-0.15, -0.1) is 0 Å². The first kappa shape index (κ1) is 37.3. The van der Waals surface area contributed by atoms with Crippen molar-refractivity contribution in [1.82, 2.24) is 4.57 Å². The first-order chi connectivity index (χ1) is 31.8. The Hall–Kier alpha value is -8.46. The van der Waals surface area contributed by atoms with Crippen molar-refractivity contribution in [2.45, 2.75) is 0 Å². The molecule has 0 fully saturated rings. The summed E-state index contributed by atoms with van der Waals surface area (Å²) in [5.74, 6) is 0. The third-order valence-electron chi connectivity index (χ3n) is 12.7. The summed E-state index contributed by atoms with van der Waals surface area (Å²) >= 11 is 0. The van der Waals surface area contributed by atoms with Crippen LogP contribution in [-0.2, 0) is 0 Å². The number of nitrogens with zero attached hydrogens (tertiary/aromatic N) is 2. The smallest absolute Gasteiger partial charge is 0.0562 e. The molecule has 1 heterocycles. The Kier molecular flexibility index (Phi) is 9.20. The molecule has 12 aromatic rings. The molecule has 11 aromatic carbocycles. The summed E-state index contributed by atoms with van der Waals surface area (Å²) in [6.07, 6.45) is 0. The van der Waals surface area contributed by atoms with Gasteiger partial charge in [-0.1, -0.05) is 194 Å². The summed E-state index contributed by atoms with van der Waals surface area (Å²) in [5.41, 5.74) is 16.4. The lowest BCUT2D eigenvalue weighted by molar-refractivity contribution is 1.18. The van der Waals surface area contributed by atoms with E-state index in [1.807, 2.05) is 0 Å². The first-order valence-electron chi connectivity index (χ1n) is 22.0. The molecule has 2 nitrogen and oxygen atoms in total. The van der Waals surface area contributed by atoms with Crippen molar-refractivity contribution in [3.05, 3.63) is 255 Å². The summed E-state index contributed by atoms with van der Waals surface area (Å²) in [5, 5.41) is 7.40. The van der Waals surface area contributed by atoms with Gasteiger partial charge in [0.25, 0.3) is 0 Å². The van der Waals surface area contributed by atoms with E-state index in [4.69, 9.17) is 0 Å². The number of benzene rings is 11. The summed E-state index contributed by atoms with van der Waals surface area (Å²) in [6, 6.07) is 92.7. The number of hydrogen-bond acceptors (Lipinski definition) is 1. The molecule has 12 rings (SSSR count). The molecule has 64 heavy (non-hydrogen) atoms. The number of rotatable bonds is 8. The number of fused-ring (bicyclic) bond motifs is 6. The Balaban J connectivity index is 1.10. The third-order valence-corrected chi connectivity index (χ3v) is 12.7. The van der Waals surface area contributed by atoms with Gasteiger partial charge in [0, 0.05) is 27.8 Å². The van der Waals surface area contributed by atoms with E-state index in [9.17, 15) is 0 Å². The van der Waals surface area contributed by atoms with Crippen molar-refractivity contribution in [3.63, 3.8) is 0 Å². The van der Waals surface area contributed by atoms with Crippen molar-refractivity contribution in [2.24, 2.45) is 0 Å². The van der Waals surface area contributed by atoms with Gasteiger partial charge in [-0.25, -0.2) is 0 Å². The maximum absolute atomic E-state index is 2.46. The number of hydrogen-bond donors (Lipinski definition) is 0. The van der Waals surface area contributed by atoms with E-state index >= 15 is 0 Å². The lowest BCUT2D eigenvalue weighted by Crippen LogP contribution is -2.10. The molecule has 0 aliphatic rings. The van der Waals surface area contributed by atoms with Crippen LogP contribution in [-0.4, -0.2) is 4.57 Å². The summed E-state index contributed by atoms with van der Waals surface area (Å²) in [7, 11) is 0. The van der Waals surface area contributed by atoms with E-state index in [1.165, 1.54) is 71.2 Å². The van der Waals surface area contributed by atoms with Crippen LogP contribution in [0.3, 0.4) is 0 Å². The minimum atomic E-state index is 1.08. The van der Waals surface area contributed by atoms with Gasteiger partial charge < -0.3 is 9.47 Å². The molecule has 0 N–H and O–H groups in total. The van der Waals surface area contributed by atoms with Gasteiger partial charge in [0.1, 0.15) is 0 Å². The largest absolute Gasteiger partial charge is 0.310 e. The molecule has 0 bridgehead atoms. The summed E-state index contributed by atoms with van der Waals surface area (Å²) in [4.78, 5) is 2.46. The zero-order chi connectivity index (χ0) is 42.4. The Bertz CT molecular complexity index is 3650. The van der Waals surface area contributed by atoms with Gasteiger partial charge in [-0.2, -0.15) is 0 Å². The van der Waals surface area contributed by atoms with Crippen molar-refractivity contribution >= 4 is 60.4 Å². The van der Waals surface area contributed by atoms with Crippen LogP contribution in [0.2, 0.25) is 0 Å². The minimum absolute atomic E-state index is 1.08. The highest BCUT2D eigenvalue weighted by Gasteiger charge is 2.23. The molecule has 2 heteroatoms. The van der Waals surface area contributed by atoms with E-state index in [1.54, 1.807) is 0 Å². The fraction of sp³-hybridized carbons (Fsp3) is 0. The standard InChI is InChI=1S/C62H42N2/c1-5-20-43(21-6-1)46-26-17-30-50(40-46)63(58-36-19-37-59-62(58)55-34-15-16-35-57(55)64(59)49-28-11-4-12-29-49)51-31-18-27-47(41-51)48-38-39-53-52-32-13-14-33-54(52)60(44-22-7-2-8-23-44)61(56(53)42-48)45-24-9-3-10-25-45/h1-42H. The third kappa shape index (κ3) is 6.35. The van der Waals surface area contributed by atoms with Gasteiger partial charge in [-0.3, -0.25) is 0 Å². The monoisotopic (exact) mass is 814 g/mol. The average Bonchev–Trinajstić information content (AvgIpc) is 3.72. The molecule has 0 atom stereocenters. The highest BCUT2D eigenvalue weighted by molar-refractivity contribution is 6.22. The number of aromatic nitrogens is 1. The molecule has 0 unspecified atom stereocenters. The van der Waals surface area contributed by atoms with Crippen molar-refractivity contribution in [2.75, 3.05) is 4.90 Å². The molecule has 0 saturated heterocycles. The van der Waals surface area contributed by atoms with Gasteiger partial charge in [0.2, 0.25) is 0 Å². The topological polar surface area (TPSA) is 8.17 Å². The van der Waals surface area contributed by atoms with Gasteiger partial charge in [-0.05, 0) is 127 Å². The molecular weight excluding hydrogens is 773 g/mol. The lowest BCUT2D eigenvalue weighted by Gasteiger charge is -2.27. The predicted molar refractivity (Wildman–Crippen MR) is 272 cm³/mol. The second-order valence-electron chi connectivity index (χ2n) is 16.4. The van der Waals surface area contributed by atoms with Crippen LogP contribution < -0.4 is 4.90 Å². The fourth-order valence-electron chi connectivity index (χ4n) is 9.93. The van der Waals surface area contributed by atoms with Crippen LogP contribution in [0.5, 0.6) is 0 Å². The van der Waals surface area contributed by atoms with E-state index in [2.05, 4.69) is 264 Å². The first-order valence-corrected chi connectivity index (χ1v) is 22.0. The van der Waals surface area contributed by atoms with Crippen molar-refractivity contribution in [3.8, 4) is 50.2 Å². The van der Waals surface area contributed by atoms with Crippen LogP contribution in [0, 0.1) is 0 Å². The molecule has 300 valence electrons. The normalized spacial score (nSPS) is 11.4. The zero-order valence-corrected chi connectivity index (χ0v) is 35.1. The Morgan fingerprint density at radius 1 is 0.266 bits per heavy atom. The molecule has 0 saturated carbocycles. The average molecular weight is 815 g/mol. The summed E-state index contributed by atoms with van der Waals surface area (Å²) < 4.78 is 2.40. The van der Waals surface area contributed by atoms with E-state index in [0.29, 0.717) is 0 Å². The molecule has 0 radical (unpaired) electrons. The van der Waals surface area contributed by atoms with Crippen LogP contribution in [0.1, 0.15) is 0 Å².